The standard InChI is InChI=1S/C45H53N5O6Si/c1-57(2,3)25-24-51-33-50-32-48-39-43(46-31-47-44(39)50)49-45-42(55-29-37-22-14-7-15-23-37)41(54-28-36-20-12-6-13-21-36)40(53-27-35-18-10-5-11-19-35)38(56-45)30-52-26-34-16-8-4-9-17-34/h4-23,31-32,38,40-42,45H,24-30,33H2,1-3H3,(H,46,47,49)/t38-,40-,41+,42+,45?/m1/s1. The molecule has 0 spiro atoms. The van der Waals surface area contributed by atoms with Gasteiger partial charge in [-0.3, -0.25) is 4.57 Å². The van der Waals surface area contributed by atoms with E-state index in [1.165, 1.54) is 6.33 Å². The summed E-state index contributed by atoms with van der Waals surface area (Å²) >= 11 is 0. The van der Waals surface area contributed by atoms with Gasteiger partial charge in [-0.25, -0.2) is 15.0 Å². The third-order valence-electron chi connectivity index (χ3n) is 9.79. The van der Waals surface area contributed by atoms with Crippen LogP contribution in [-0.2, 0) is 61.6 Å². The van der Waals surface area contributed by atoms with Crippen molar-refractivity contribution < 1.29 is 28.4 Å². The van der Waals surface area contributed by atoms with Gasteiger partial charge < -0.3 is 33.7 Å². The smallest absolute Gasteiger partial charge is 0.167 e. The molecule has 6 aromatic rings. The summed E-state index contributed by atoms with van der Waals surface area (Å²) in [5.74, 6) is 0.508. The van der Waals surface area contributed by atoms with E-state index in [0.717, 1.165) is 28.3 Å². The van der Waals surface area contributed by atoms with Gasteiger partial charge in [-0.15, -0.1) is 0 Å². The van der Waals surface area contributed by atoms with Crippen molar-refractivity contribution in [2.75, 3.05) is 18.5 Å². The van der Waals surface area contributed by atoms with Crippen LogP contribution in [0.1, 0.15) is 22.3 Å². The second kappa shape index (κ2) is 20.1. The molecule has 5 atom stereocenters. The molecule has 298 valence electrons. The molecule has 1 aliphatic heterocycles. The summed E-state index contributed by atoms with van der Waals surface area (Å²) in [4.78, 5) is 14.0. The minimum Gasteiger partial charge on any atom is -0.374 e. The van der Waals surface area contributed by atoms with Crippen LogP contribution in [0.15, 0.2) is 134 Å². The first-order chi connectivity index (χ1) is 27.9. The van der Waals surface area contributed by atoms with E-state index in [4.69, 9.17) is 33.4 Å². The van der Waals surface area contributed by atoms with Gasteiger partial charge in [0, 0.05) is 14.7 Å². The Morgan fingerprint density at radius 1 is 0.614 bits per heavy atom. The number of hydrogen-bond acceptors (Lipinski definition) is 10. The van der Waals surface area contributed by atoms with Gasteiger partial charge in [-0.2, -0.15) is 0 Å². The third kappa shape index (κ3) is 11.6. The molecule has 0 amide bonds. The van der Waals surface area contributed by atoms with Crippen molar-refractivity contribution in [1.29, 1.82) is 0 Å². The van der Waals surface area contributed by atoms with E-state index in [0.29, 0.717) is 56.7 Å². The van der Waals surface area contributed by atoms with Gasteiger partial charge in [0.15, 0.2) is 23.2 Å². The molecule has 57 heavy (non-hydrogen) atoms. The predicted molar refractivity (Wildman–Crippen MR) is 223 cm³/mol. The lowest BCUT2D eigenvalue weighted by Gasteiger charge is -2.46. The maximum Gasteiger partial charge on any atom is 0.167 e. The lowest BCUT2D eigenvalue weighted by atomic mass is 9.96. The monoisotopic (exact) mass is 787 g/mol. The maximum absolute atomic E-state index is 7.00. The number of hydrogen-bond donors (Lipinski definition) is 1. The quantitative estimate of drug-likeness (QED) is 0.0600. The molecule has 0 saturated carbocycles. The number of benzene rings is 4. The third-order valence-corrected chi connectivity index (χ3v) is 11.5. The molecular weight excluding hydrogens is 735 g/mol. The van der Waals surface area contributed by atoms with E-state index in [9.17, 15) is 0 Å². The minimum absolute atomic E-state index is 0.242. The summed E-state index contributed by atoms with van der Waals surface area (Å²) in [5, 5.41) is 3.57. The fourth-order valence-electron chi connectivity index (χ4n) is 6.66. The van der Waals surface area contributed by atoms with Crippen molar-refractivity contribution in [2.24, 2.45) is 0 Å². The highest BCUT2D eigenvalue weighted by molar-refractivity contribution is 6.76. The van der Waals surface area contributed by atoms with E-state index in [2.05, 4.69) is 59.2 Å². The number of nitrogens with one attached hydrogen (secondary N) is 1. The SMILES string of the molecule is C[Si](C)(C)CCOCn1cnc2c(NC3O[C@H](COCc4ccccc4)[C@@H](OCc4ccccc4)[C@H](OCc4ccccc4)[C@@H]3OCc3ccccc3)ncnc21. The normalized spacial score (nSPS) is 19.8. The number of anilines is 1. The molecule has 2 aromatic heterocycles. The average Bonchev–Trinajstić information content (AvgIpc) is 3.66. The zero-order valence-electron chi connectivity index (χ0n) is 33.0. The Hall–Kier alpha value is -4.79. The van der Waals surface area contributed by atoms with Gasteiger partial charge in [0.2, 0.25) is 0 Å². The van der Waals surface area contributed by atoms with Crippen LogP contribution in [0.4, 0.5) is 5.82 Å². The molecule has 0 radical (unpaired) electrons. The predicted octanol–water partition coefficient (Wildman–Crippen LogP) is 8.25. The van der Waals surface area contributed by atoms with Crippen molar-refractivity contribution in [1.82, 2.24) is 19.5 Å². The molecule has 1 saturated heterocycles. The van der Waals surface area contributed by atoms with E-state index in [-0.39, 0.29) is 6.61 Å². The van der Waals surface area contributed by atoms with Crippen molar-refractivity contribution >= 4 is 25.1 Å². The number of rotatable bonds is 20. The van der Waals surface area contributed by atoms with Crippen molar-refractivity contribution in [3.63, 3.8) is 0 Å². The lowest BCUT2D eigenvalue weighted by molar-refractivity contribution is -0.267. The Morgan fingerprint density at radius 3 is 1.70 bits per heavy atom. The number of ether oxygens (including phenoxy) is 6. The summed E-state index contributed by atoms with van der Waals surface area (Å²) < 4.78 is 41.9. The largest absolute Gasteiger partial charge is 0.374 e. The van der Waals surface area contributed by atoms with Crippen molar-refractivity contribution in [2.45, 2.75) is 89.5 Å². The van der Waals surface area contributed by atoms with Gasteiger partial charge in [-0.05, 0) is 28.3 Å². The fourth-order valence-corrected chi connectivity index (χ4v) is 7.42. The first-order valence-electron chi connectivity index (χ1n) is 19.6. The molecule has 1 fully saturated rings. The van der Waals surface area contributed by atoms with Crippen LogP contribution in [0.25, 0.3) is 11.2 Å². The fraction of sp³-hybridized carbons (Fsp3) is 0.356. The molecule has 0 aliphatic carbocycles. The highest BCUT2D eigenvalue weighted by atomic mass is 28.3. The second-order valence-corrected chi connectivity index (χ2v) is 21.1. The molecule has 3 heterocycles. The maximum atomic E-state index is 7.00. The number of nitrogens with zero attached hydrogens (tertiary/aromatic N) is 4. The summed E-state index contributed by atoms with van der Waals surface area (Å²) in [6.07, 6.45) is 0.157. The molecule has 1 N–H and O–H groups in total. The van der Waals surface area contributed by atoms with E-state index < -0.39 is 38.7 Å². The van der Waals surface area contributed by atoms with Crippen LogP contribution in [0.3, 0.4) is 0 Å². The highest BCUT2D eigenvalue weighted by Gasteiger charge is 2.49. The zero-order valence-corrected chi connectivity index (χ0v) is 34.0. The van der Waals surface area contributed by atoms with E-state index in [1.54, 1.807) is 6.33 Å². The Bertz CT molecular complexity index is 2070. The summed E-state index contributed by atoms with van der Waals surface area (Å²) in [6.45, 7) is 9.72. The lowest BCUT2D eigenvalue weighted by Crippen LogP contribution is -2.63. The summed E-state index contributed by atoms with van der Waals surface area (Å²) in [6, 6.07) is 41.5. The minimum atomic E-state index is -1.23. The van der Waals surface area contributed by atoms with E-state index in [1.807, 2.05) is 102 Å². The second-order valence-electron chi connectivity index (χ2n) is 15.5. The Balaban J connectivity index is 1.21. The topological polar surface area (TPSA) is 111 Å². The number of imidazole rings is 1. The van der Waals surface area contributed by atoms with E-state index >= 15 is 0 Å². The van der Waals surface area contributed by atoms with Gasteiger partial charge >= 0.3 is 0 Å². The Labute approximate surface area is 336 Å². The van der Waals surface area contributed by atoms with Gasteiger partial charge in [0.25, 0.3) is 0 Å². The van der Waals surface area contributed by atoms with Crippen LogP contribution < -0.4 is 5.32 Å². The highest BCUT2D eigenvalue weighted by Crippen LogP contribution is 2.32. The molecule has 12 heteroatoms. The van der Waals surface area contributed by atoms with Gasteiger partial charge in [0.1, 0.15) is 37.5 Å². The Kier molecular flexibility index (Phi) is 14.2. The molecular formula is C45H53N5O6Si. The molecule has 1 unspecified atom stereocenters. The molecule has 0 bridgehead atoms. The van der Waals surface area contributed by atoms with Crippen LogP contribution in [0, 0.1) is 0 Å². The first kappa shape index (κ1) is 40.4. The zero-order chi connectivity index (χ0) is 39.3. The molecule has 11 nitrogen and oxygen atoms in total. The first-order valence-corrected chi connectivity index (χ1v) is 23.3. The Morgan fingerprint density at radius 2 is 1.14 bits per heavy atom. The average molecular weight is 788 g/mol. The van der Waals surface area contributed by atoms with Gasteiger partial charge in [-0.1, -0.05) is 141 Å². The van der Waals surface area contributed by atoms with Crippen LogP contribution in [-0.4, -0.2) is 71.5 Å². The van der Waals surface area contributed by atoms with Crippen molar-refractivity contribution in [3.8, 4) is 0 Å². The molecule has 1 aliphatic rings. The van der Waals surface area contributed by atoms with Crippen molar-refractivity contribution in [3.05, 3.63) is 156 Å². The molecule has 7 rings (SSSR count). The number of aromatic nitrogens is 4. The van der Waals surface area contributed by atoms with Crippen LogP contribution in [0.2, 0.25) is 25.7 Å². The molecule has 4 aromatic carbocycles. The van der Waals surface area contributed by atoms with Crippen LogP contribution in [0.5, 0.6) is 0 Å². The summed E-state index contributed by atoms with van der Waals surface area (Å²) in [5.41, 5.74) is 5.40. The van der Waals surface area contributed by atoms with Crippen LogP contribution >= 0.6 is 0 Å². The van der Waals surface area contributed by atoms with Gasteiger partial charge in [0.05, 0.1) is 39.4 Å². The summed E-state index contributed by atoms with van der Waals surface area (Å²) in [7, 11) is -1.23. The number of fused-ring (bicyclic) bond motifs is 1.